The van der Waals surface area contributed by atoms with E-state index in [2.05, 4.69) is 57.2 Å². The van der Waals surface area contributed by atoms with Gasteiger partial charge in [-0.15, -0.1) is 0 Å². The molecule has 356 valence electrons. The van der Waals surface area contributed by atoms with Crippen molar-refractivity contribution in [3.05, 3.63) is 36.5 Å². The van der Waals surface area contributed by atoms with Crippen LogP contribution in [0, 0.1) is 0 Å². The Kier molecular flexibility index (Phi) is 48.3. The fraction of sp³-hybridized carbons (Fsp3) is 0.836. The molecule has 0 heterocycles. The van der Waals surface area contributed by atoms with Gasteiger partial charge in [0.15, 0.2) is 6.10 Å². The van der Waals surface area contributed by atoms with Gasteiger partial charge < -0.3 is 14.2 Å². The molecule has 0 aromatic carbocycles. The van der Waals surface area contributed by atoms with Crippen molar-refractivity contribution in [2.24, 2.45) is 0 Å². The minimum absolute atomic E-state index is 0.0833. The van der Waals surface area contributed by atoms with E-state index in [4.69, 9.17) is 14.2 Å². The summed E-state index contributed by atoms with van der Waals surface area (Å²) in [5.74, 6) is -0.911. The van der Waals surface area contributed by atoms with Gasteiger partial charge in [-0.3, -0.25) is 14.4 Å². The lowest BCUT2D eigenvalue weighted by Crippen LogP contribution is -2.30. The van der Waals surface area contributed by atoms with Crippen LogP contribution in [-0.2, 0) is 28.6 Å². The van der Waals surface area contributed by atoms with Crippen LogP contribution in [0.3, 0.4) is 0 Å². The van der Waals surface area contributed by atoms with Crippen molar-refractivity contribution in [1.29, 1.82) is 0 Å². The average Bonchev–Trinajstić information content (AvgIpc) is 3.26. The second kappa shape index (κ2) is 50.3. The summed E-state index contributed by atoms with van der Waals surface area (Å²) in [4.78, 5) is 37.9. The molecule has 0 aliphatic heterocycles. The molecule has 0 radical (unpaired) electrons. The molecule has 0 amide bonds. The second-order valence-corrected chi connectivity index (χ2v) is 17.8. The van der Waals surface area contributed by atoms with Crippen LogP contribution in [0.1, 0.15) is 278 Å². The maximum absolute atomic E-state index is 12.7. The van der Waals surface area contributed by atoms with Gasteiger partial charge in [0.2, 0.25) is 0 Å². The summed E-state index contributed by atoms with van der Waals surface area (Å²) in [6.07, 6.45) is 58.6. The first-order valence-electron chi connectivity index (χ1n) is 26.5. The highest BCUT2D eigenvalue weighted by atomic mass is 16.6. The predicted octanol–water partition coefficient (Wildman–Crippen LogP) is 17.3. The molecular formula is C55H100O6. The quantitative estimate of drug-likeness (QED) is 0.0262. The minimum Gasteiger partial charge on any atom is -0.462 e. The van der Waals surface area contributed by atoms with Gasteiger partial charge in [0, 0.05) is 19.3 Å². The Morgan fingerprint density at radius 3 is 1.00 bits per heavy atom. The molecule has 1 atom stereocenters. The van der Waals surface area contributed by atoms with Crippen LogP contribution in [-0.4, -0.2) is 37.2 Å². The van der Waals surface area contributed by atoms with Gasteiger partial charge in [0.1, 0.15) is 13.2 Å². The number of hydrogen-bond acceptors (Lipinski definition) is 6. The first kappa shape index (κ1) is 58.6. The zero-order chi connectivity index (χ0) is 44.4. The van der Waals surface area contributed by atoms with Gasteiger partial charge >= 0.3 is 17.9 Å². The highest BCUT2D eigenvalue weighted by molar-refractivity contribution is 5.71. The monoisotopic (exact) mass is 857 g/mol. The Labute approximate surface area is 378 Å². The topological polar surface area (TPSA) is 78.9 Å². The van der Waals surface area contributed by atoms with E-state index in [1.807, 2.05) is 0 Å². The zero-order valence-electron chi connectivity index (χ0n) is 40.7. The molecule has 0 aliphatic rings. The standard InChI is InChI=1S/C55H100O6/c1-4-7-10-13-16-19-22-25-26-27-28-29-30-31-34-36-39-42-45-48-54(57)60-51-52(61-55(58)49-46-43-40-37-33-24-21-18-15-12-9-6-3)50-59-53(56)47-44-41-38-35-32-23-20-17-14-11-8-5-2/h9,12,18,21,33,37,52H,4-8,10-11,13-17,19-20,22-32,34-36,38-51H2,1-3H3/b12-9-,21-18-,37-33-. The molecular weight excluding hydrogens is 757 g/mol. The summed E-state index contributed by atoms with van der Waals surface area (Å²) < 4.78 is 16.8. The molecule has 0 N–H and O–H groups in total. The molecule has 6 heteroatoms. The molecule has 0 spiro atoms. The fourth-order valence-corrected chi connectivity index (χ4v) is 7.69. The van der Waals surface area contributed by atoms with E-state index in [-0.39, 0.29) is 37.5 Å². The van der Waals surface area contributed by atoms with E-state index >= 15 is 0 Å². The van der Waals surface area contributed by atoms with Crippen LogP contribution in [0.5, 0.6) is 0 Å². The fourth-order valence-electron chi connectivity index (χ4n) is 7.69. The number of carbonyl (C=O) groups is 3. The van der Waals surface area contributed by atoms with Crippen molar-refractivity contribution < 1.29 is 28.6 Å². The van der Waals surface area contributed by atoms with Gasteiger partial charge in [0.25, 0.3) is 0 Å². The maximum Gasteiger partial charge on any atom is 0.306 e. The molecule has 6 nitrogen and oxygen atoms in total. The number of rotatable bonds is 48. The Morgan fingerprint density at radius 2 is 0.639 bits per heavy atom. The van der Waals surface area contributed by atoms with Crippen LogP contribution in [0.2, 0.25) is 0 Å². The number of carbonyl (C=O) groups excluding carboxylic acids is 3. The Hall–Kier alpha value is -2.37. The van der Waals surface area contributed by atoms with Gasteiger partial charge in [0.05, 0.1) is 0 Å². The molecule has 61 heavy (non-hydrogen) atoms. The van der Waals surface area contributed by atoms with Gasteiger partial charge in [-0.25, -0.2) is 0 Å². The van der Waals surface area contributed by atoms with E-state index in [0.717, 1.165) is 70.6 Å². The molecule has 0 aliphatic carbocycles. The van der Waals surface area contributed by atoms with Crippen LogP contribution >= 0.6 is 0 Å². The summed E-state index contributed by atoms with van der Waals surface area (Å²) in [6.45, 7) is 6.51. The smallest absolute Gasteiger partial charge is 0.306 e. The van der Waals surface area contributed by atoms with E-state index < -0.39 is 6.10 Å². The highest BCUT2D eigenvalue weighted by Crippen LogP contribution is 2.16. The SMILES string of the molecule is CC/C=C\C/C=C\C/C=C\CCCCC(=O)OC(COC(=O)CCCCCCCCCCCCCC)COC(=O)CCCCCCCCCCCCCCCCCCCCC. The molecule has 0 saturated heterocycles. The number of esters is 3. The number of ether oxygens (including phenoxy) is 3. The number of unbranched alkanes of at least 4 members (excludes halogenated alkanes) is 31. The molecule has 0 rings (SSSR count). The third-order valence-corrected chi connectivity index (χ3v) is 11.7. The van der Waals surface area contributed by atoms with Crippen molar-refractivity contribution in [3.63, 3.8) is 0 Å². The largest absolute Gasteiger partial charge is 0.462 e. The summed E-state index contributed by atoms with van der Waals surface area (Å²) in [5.41, 5.74) is 0. The second-order valence-electron chi connectivity index (χ2n) is 17.8. The molecule has 0 saturated carbocycles. The van der Waals surface area contributed by atoms with Gasteiger partial charge in [-0.05, 0) is 51.4 Å². The molecule has 0 aromatic rings. The van der Waals surface area contributed by atoms with E-state index in [9.17, 15) is 14.4 Å². The number of allylic oxidation sites excluding steroid dienone is 6. The third-order valence-electron chi connectivity index (χ3n) is 11.7. The predicted molar refractivity (Wildman–Crippen MR) is 261 cm³/mol. The lowest BCUT2D eigenvalue weighted by Gasteiger charge is -2.18. The van der Waals surface area contributed by atoms with E-state index in [1.54, 1.807) is 0 Å². The first-order valence-corrected chi connectivity index (χ1v) is 26.5. The van der Waals surface area contributed by atoms with E-state index in [1.165, 1.54) is 161 Å². The average molecular weight is 857 g/mol. The van der Waals surface area contributed by atoms with Crippen molar-refractivity contribution in [3.8, 4) is 0 Å². The summed E-state index contributed by atoms with van der Waals surface area (Å²) in [7, 11) is 0. The van der Waals surface area contributed by atoms with Crippen LogP contribution in [0.25, 0.3) is 0 Å². The van der Waals surface area contributed by atoms with Crippen molar-refractivity contribution in [2.75, 3.05) is 13.2 Å². The molecule has 1 unspecified atom stereocenters. The third kappa shape index (κ3) is 48.5. The maximum atomic E-state index is 12.7. The Morgan fingerprint density at radius 1 is 0.344 bits per heavy atom. The van der Waals surface area contributed by atoms with Gasteiger partial charge in [-0.1, -0.05) is 243 Å². The number of hydrogen-bond donors (Lipinski definition) is 0. The Bertz CT molecular complexity index is 1030. The lowest BCUT2D eigenvalue weighted by atomic mass is 10.0. The normalized spacial score (nSPS) is 12.2. The lowest BCUT2D eigenvalue weighted by molar-refractivity contribution is -0.167. The van der Waals surface area contributed by atoms with Gasteiger partial charge in [-0.2, -0.15) is 0 Å². The van der Waals surface area contributed by atoms with Crippen molar-refractivity contribution in [1.82, 2.24) is 0 Å². The molecule has 0 fully saturated rings. The zero-order valence-corrected chi connectivity index (χ0v) is 40.7. The highest BCUT2D eigenvalue weighted by Gasteiger charge is 2.19. The van der Waals surface area contributed by atoms with Crippen molar-refractivity contribution >= 4 is 17.9 Å². The first-order chi connectivity index (χ1) is 30.0. The van der Waals surface area contributed by atoms with Crippen LogP contribution < -0.4 is 0 Å². The minimum atomic E-state index is -0.786. The van der Waals surface area contributed by atoms with Crippen LogP contribution in [0.4, 0.5) is 0 Å². The van der Waals surface area contributed by atoms with E-state index in [0.29, 0.717) is 19.3 Å². The summed E-state index contributed by atoms with van der Waals surface area (Å²) >= 11 is 0. The van der Waals surface area contributed by atoms with Crippen molar-refractivity contribution in [2.45, 2.75) is 284 Å². The molecule has 0 bridgehead atoms. The molecule has 0 aromatic heterocycles. The van der Waals surface area contributed by atoms with Crippen LogP contribution in [0.15, 0.2) is 36.5 Å². The summed E-state index contributed by atoms with van der Waals surface area (Å²) in [6, 6.07) is 0. The Balaban J connectivity index is 4.30. The summed E-state index contributed by atoms with van der Waals surface area (Å²) in [5, 5.41) is 0.